The quantitative estimate of drug-likeness (QED) is 0.680. The van der Waals surface area contributed by atoms with E-state index in [-0.39, 0.29) is 11.6 Å². The van der Waals surface area contributed by atoms with Crippen LogP contribution in [0.5, 0.6) is 0 Å². The highest BCUT2D eigenvalue weighted by atomic mass is 32.1. The van der Waals surface area contributed by atoms with Crippen molar-refractivity contribution in [2.45, 2.75) is 19.9 Å². The Morgan fingerprint density at radius 1 is 1.46 bits per heavy atom. The van der Waals surface area contributed by atoms with Gasteiger partial charge in [-0.3, -0.25) is 14.5 Å². The molecule has 1 unspecified atom stereocenters. The molecule has 2 heterocycles. The van der Waals surface area contributed by atoms with Gasteiger partial charge in [0.2, 0.25) is 5.91 Å². The van der Waals surface area contributed by atoms with Crippen molar-refractivity contribution in [2.75, 3.05) is 5.32 Å². The molecule has 124 valence electrons. The van der Waals surface area contributed by atoms with E-state index in [0.29, 0.717) is 10.6 Å². The van der Waals surface area contributed by atoms with Crippen molar-refractivity contribution in [1.29, 1.82) is 0 Å². The van der Waals surface area contributed by atoms with Gasteiger partial charge in [0, 0.05) is 0 Å². The minimum Gasteiger partial charge on any atom is -0.322 e. The average Bonchev–Trinajstić information content (AvgIpc) is 3.19. The van der Waals surface area contributed by atoms with Crippen LogP contribution in [0.3, 0.4) is 0 Å². The summed E-state index contributed by atoms with van der Waals surface area (Å²) in [7, 11) is 0. The lowest BCUT2D eigenvalue weighted by atomic mass is 10.2. The largest absolute Gasteiger partial charge is 0.322 e. The van der Waals surface area contributed by atoms with Crippen LogP contribution in [-0.2, 0) is 4.79 Å². The molecule has 0 spiro atoms. The number of H-pyrrole nitrogens is 1. The molecule has 0 saturated carbocycles. The summed E-state index contributed by atoms with van der Waals surface area (Å²) in [6, 6.07) is 7.72. The molecule has 3 aromatic rings. The maximum atomic E-state index is 13.9. The number of aromatic amines is 1. The Kier molecular flexibility index (Phi) is 4.59. The molecule has 0 saturated heterocycles. The molecule has 2 aromatic heterocycles. The Balaban J connectivity index is 1.91. The highest BCUT2D eigenvalue weighted by Crippen LogP contribution is 2.26. The number of carbonyl (C=O) groups excluding carboxylic acids is 1. The fourth-order valence-electron chi connectivity index (χ4n) is 2.33. The Morgan fingerprint density at radius 2 is 2.25 bits per heavy atom. The first kappa shape index (κ1) is 16.5. The van der Waals surface area contributed by atoms with Crippen LogP contribution in [0.15, 0.2) is 35.7 Å². The second-order valence-electron chi connectivity index (χ2n) is 5.35. The van der Waals surface area contributed by atoms with E-state index in [9.17, 15) is 9.18 Å². The lowest BCUT2D eigenvalue weighted by Gasteiger charge is -2.16. The molecule has 0 aliphatic carbocycles. The van der Waals surface area contributed by atoms with Gasteiger partial charge in [-0.15, -0.1) is 11.3 Å². The number of carbonyl (C=O) groups is 1. The molecule has 8 heteroatoms. The topological polar surface area (TPSA) is 62.7 Å². The first-order valence-electron chi connectivity index (χ1n) is 7.25. The number of halogens is 1. The molecule has 0 aliphatic rings. The molecule has 1 aromatic carbocycles. The zero-order chi connectivity index (χ0) is 17.3. The van der Waals surface area contributed by atoms with Crippen LogP contribution in [-0.4, -0.2) is 20.7 Å². The third-order valence-electron chi connectivity index (χ3n) is 3.59. The van der Waals surface area contributed by atoms with Gasteiger partial charge in [-0.1, -0.05) is 12.1 Å². The van der Waals surface area contributed by atoms with E-state index in [1.165, 1.54) is 17.4 Å². The van der Waals surface area contributed by atoms with Gasteiger partial charge in [0.25, 0.3) is 0 Å². The average molecular weight is 362 g/mol. The van der Waals surface area contributed by atoms with Gasteiger partial charge >= 0.3 is 0 Å². The van der Waals surface area contributed by atoms with Crippen molar-refractivity contribution in [3.8, 4) is 10.7 Å². The maximum absolute atomic E-state index is 13.9. The number of hydrogen-bond acceptors (Lipinski definition) is 4. The van der Waals surface area contributed by atoms with Gasteiger partial charge in [0.05, 0.1) is 10.6 Å². The summed E-state index contributed by atoms with van der Waals surface area (Å²) < 4.78 is 15.8. The molecule has 3 rings (SSSR count). The molecule has 24 heavy (non-hydrogen) atoms. The zero-order valence-corrected chi connectivity index (χ0v) is 14.7. The molecule has 1 atom stereocenters. The standard InChI is InChI=1S/C16H15FN4OS2/c1-9-5-6-11(17)12(8-9)18-15(22)10(2)21-14(19-20-16(21)23)13-4-3-7-24-13/h3-8,10H,1-2H3,(H,18,22)(H,20,23). The van der Waals surface area contributed by atoms with Gasteiger partial charge < -0.3 is 5.32 Å². The molecule has 0 radical (unpaired) electrons. The zero-order valence-electron chi connectivity index (χ0n) is 13.0. The molecular formula is C16H15FN4OS2. The summed E-state index contributed by atoms with van der Waals surface area (Å²) in [6.45, 7) is 3.53. The maximum Gasteiger partial charge on any atom is 0.247 e. The van der Waals surface area contributed by atoms with Crippen molar-refractivity contribution in [3.63, 3.8) is 0 Å². The van der Waals surface area contributed by atoms with Gasteiger partial charge in [0.15, 0.2) is 10.6 Å². The fraction of sp³-hybridized carbons (Fsp3) is 0.188. The van der Waals surface area contributed by atoms with Crippen LogP contribution in [0.1, 0.15) is 18.5 Å². The first-order chi connectivity index (χ1) is 11.5. The lowest BCUT2D eigenvalue weighted by molar-refractivity contribution is -0.118. The Morgan fingerprint density at radius 3 is 2.96 bits per heavy atom. The highest BCUT2D eigenvalue weighted by Gasteiger charge is 2.22. The van der Waals surface area contributed by atoms with Gasteiger partial charge in [-0.2, -0.15) is 5.10 Å². The number of hydrogen-bond donors (Lipinski definition) is 2. The van der Waals surface area contributed by atoms with E-state index >= 15 is 0 Å². The molecule has 0 bridgehead atoms. The summed E-state index contributed by atoms with van der Waals surface area (Å²) >= 11 is 6.75. The van der Waals surface area contributed by atoms with E-state index in [1.807, 2.05) is 24.4 Å². The van der Waals surface area contributed by atoms with Crippen molar-refractivity contribution < 1.29 is 9.18 Å². The van der Waals surface area contributed by atoms with Crippen molar-refractivity contribution in [3.05, 3.63) is 51.9 Å². The predicted octanol–water partition coefficient (Wildman–Crippen LogP) is 4.32. The number of nitrogens with zero attached hydrogens (tertiary/aromatic N) is 2. The summed E-state index contributed by atoms with van der Waals surface area (Å²) in [6.07, 6.45) is 0. The molecule has 2 N–H and O–H groups in total. The second kappa shape index (κ2) is 6.66. The normalized spacial score (nSPS) is 12.1. The van der Waals surface area contributed by atoms with Crippen molar-refractivity contribution in [1.82, 2.24) is 14.8 Å². The number of amides is 1. The Labute approximate surface area is 147 Å². The first-order valence-corrected chi connectivity index (χ1v) is 8.54. The lowest BCUT2D eigenvalue weighted by Crippen LogP contribution is -2.24. The number of aromatic nitrogens is 3. The predicted molar refractivity (Wildman–Crippen MR) is 95.2 cm³/mol. The summed E-state index contributed by atoms with van der Waals surface area (Å²) in [4.78, 5) is 13.5. The van der Waals surface area contributed by atoms with Crippen molar-refractivity contribution >= 4 is 35.1 Å². The van der Waals surface area contributed by atoms with Crippen molar-refractivity contribution in [2.24, 2.45) is 0 Å². The minimum absolute atomic E-state index is 0.152. The van der Waals surface area contributed by atoms with E-state index in [0.717, 1.165) is 10.4 Å². The molecule has 5 nitrogen and oxygen atoms in total. The second-order valence-corrected chi connectivity index (χ2v) is 6.68. The van der Waals surface area contributed by atoms with Gasteiger partial charge in [-0.25, -0.2) is 4.39 Å². The number of anilines is 1. The summed E-state index contributed by atoms with van der Waals surface area (Å²) in [5.41, 5.74) is 1.01. The van der Waals surface area contributed by atoms with E-state index < -0.39 is 11.9 Å². The third-order valence-corrected chi connectivity index (χ3v) is 4.75. The SMILES string of the molecule is Cc1ccc(F)c(NC(=O)C(C)n2c(-c3cccs3)n[nH]c2=S)c1. The minimum atomic E-state index is -0.645. The summed E-state index contributed by atoms with van der Waals surface area (Å²) in [5.74, 6) is -0.257. The summed E-state index contributed by atoms with van der Waals surface area (Å²) in [5, 5.41) is 11.5. The van der Waals surface area contributed by atoms with Crippen LogP contribution in [0.2, 0.25) is 0 Å². The monoisotopic (exact) mass is 362 g/mol. The van der Waals surface area contributed by atoms with E-state index in [2.05, 4.69) is 15.5 Å². The third kappa shape index (κ3) is 3.15. The number of rotatable bonds is 4. The number of nitrogens with one attached hydrogen (secondary N) is 2. The van der Waals surface area contributed by atoms with Crippen LogP contribution < -0.4 is 5.32 Å². The van der Waals surface area contributed by atoms with Gasteiger partial charge in [0.1, 0.15) is 11.9 Å². The van der Waals surface area contributed by atoms with E-state index in [4.69, 9.17) is 12.2 Å². The van der Waals surface area contributed by atoms with Crippen LogP contribution >= 0.6 is 23.6 Å². The molecule has 1 amide bonds. The number of thiophene rings is 1. The number of aryl methyl sites for hydroxylation is 1. The Hall–Kier alpha value is -2.32. The van der Waals surface area contributed by atoms with Crippen LogP contribution in [0.4, 0.5) is 10.1 Å². The highest BCUT2D eigenvalue weighted by molar-refractivity contribution is 7.71. The molecule has 0 fully saturated rings. The molecule has 0 aliphatic heterocycles. The fourth-order valence-corrected chi connectivity index (χ4v) is 3.33. The van der Waals surface area contributed by atoms with Crippen LogP contribution in [0, 0.1) is 17.5 Å². The van der Waals surface area contributed by atoms with E-state index in [1.54, 1.807) is 23.6 Å². The molecular weight excluding hydrogens is 347 g/mol. The smallest absolute Gasteiger partial charge is 0.247 e. The van der Waals surface area contributed by atoms with Gasteiger partial charge in [-0.05, 0) is 55.2 Å². The Bertz CT molecular complexity index is 930. The van der Waals surface area contributed by atoms with Crippen LogP contribution in [0.25, 0.3) is 10.7 Å². The number of benzene rings is 1.